The van der Waals surface area contributed by atoms with E-state index in [0.29, 0.717) is 38.9 Å². The molecule has 1 aromatic carbocycles. The average Bonchev–Trinajstić information content (AvgIpc) is 3.46. The highest BCUT2D eigenvalue weighted by Crippen LogP contribution is 2.71. The third-order valence-electron chi connectivity index (χ3n) is 8.62. The minimum absolute atomic E-state index is 0.0291. The Balaban J connectivity index is 1.79. The Morgan fingerprint density at radius 2 is 1.77 bits per heavy atom. The number of thioether (sulfide) groups is 1. The Kier molecular flexibility index (Phi) is 8.39. The number of benzene rings is 1. The molecule has 3 amide bonds. The molecule has 1 N–H and O–H groups in total. The number of unbranched alkanes of at least 4 members (excludes halogenated alkanes) is 1. The number of nitrogens with zero attached hydrogens (tertiary/aromatic N) is 3. The van der Waals surface area contributed by atoms with Crippen LogP contribution >= 0.6 is 11.8 Å². The van der Waals surface area contributed by atoms with Gasteiger partial charge in [0.1, 0.15) is 6.04 Å². The molecule has 3 aliphatic rings. The van der Waals surface area contributed by atoms with Crippen LogP contribution in [0.4, 0.5) is 5.69 Å². The first-order valence-electron chi connectivity index (χ1n) is 14.0. The number of hydrogen-bond acceptors (Lipinski definition) is 5. The van der Waals surface area contributed by atoms with Crippen LogP contribution < -0.4 is 4.90 Å². The Hall–Kier alpha value is -2.58. The van der Waals surface area contributed by atoms with E-state index in [-0.39, 0.29) is 24.3 Å². The molecular formula is C31H43N3O4S. The van der Waals surface area contributed by atoms with Crippen molar-refractivity contribution in [3.8, 4) is 0 Å². The van der Waals surface area contributed by atoms with E-state index < -0.39 is 32.9 Å². The van der Waals surface area contributed by atoms with Crippen LogP contribution in [0.3, 0.4) is 0 Å². The third kappa shape index (κ3) is 4.95. The molecular weight excluding hydrogens is 510 g/mol. The Morgan fingerprint density at radius 3 is 2.36 bits per heavy atom. The minimum Gasteiger partial charge on any atom is -0.396 e. The van der Waals surface area contributed by atoms with E-state index in [1.165, 1.54) is 0 Å². The quantitative estimate of drug-likeness (QED) is 0.327. The van der Waals surface area contributed by atoms with Gasteiger partial charge in [0.05, 0.1) is 16.6 Å². The molecule has 3 aliphatic heterocycles. The van der Waals surface area contributed by atoms with E-state index in [9.17, 15) is 19.5 Å². The van der Waals surface area contributed by atoms with E-state index >= 15 is 0 Å². The van der Waals surface area contributed by atoms with Gasteiger partial charge in [-0.05, 0) is 65.5 Å². The highest BCUT2D eigenvalue weighted by molar-refractivity contribution is 8.02. The van der Waals surface area contributed by atoms with Gasteiger partial charge in [0.25, 0.3) is 0 Å². The second-order valence-corrected chi connectivity index (χ2v) is 14.1. The van der Waals surface area contributed by atoms with Gasteiger partial charge in [-0.25, -0.2) is 0 Å². The van der Waals surface area contributed by atoms with Gasteiger partial charge in [-0.15, -0.1) is 24.9 Å². The summed E-state index contributed by atoms with van der Waals surface area (Å²) in [5.41, 5.74) is 0.310. The topological polar surface area (TPSA) is 81.2 Å². The van der Waals surface area contributed by atoms with E-state index in [4.69, 9.17) is 0 Å². The van der Waals surface area contributed by atoms with Crippen LogP contribution in [0.25, 0.3) is 0 Å². The molecule has 3 saturated heterocycles. The van der Waals surface area contributed by atoms with Crippen molar-refractivity contribution in [1.29, 1.82) is 0 Å². The number of aliphatic hydroxyl groups is 1. The van der Waals surface area contributed by atoms with Crippen molar-refractivity contribution in [1.82, 2.24) is 9.80 Å². The van der Waals surface area contributed by atoms with Crippen LogP contribution in [-0.4, -0.2) is 79.9 Å². The van der Waals surface area contributed by atoms with Crippen LogP contribution in [0.5, 0.6) is 0 Å². The van der Waals surface area contributed by atoms with Crippen molar-refractivity contribution < 1.29 is 19.5 Å². The number of amides is 3. The lowest BCUT2D eigenvalue weighted by atomic mass is 9.66. The number of para-hydroxylation sites is 1. The van der Waals surface area contributed by atoms with E-state index in [0.717, 1.165) is 12.1 Å². The molecule has 8 heteroatoms. The van der Waals surface area contributed by atoms with E-state index in [2.05, 4.69) is 20.1 Å². The first-order valence-corrected chi connectivity index (χ1v) is 14.8. The third-order valence-corrected chi connectivity index (χ3v) is 10.6. The van der Waals surface area contributed by atoms with Crippen LogP contribution in [0.2, 0.25) is 0 Å². The fourth-order valence-corrected chi connectivity index (χ4v) is 9.26. The molecule has 5 atom stereocenters. The van der Waals surface area contributed by atoms with Crippen molar-refractivity contribution in [2.75, 3.05) is 31.1 Å². The van der Waals surface area contributed by atoms with Gasteiger partial charge in [0.2, 0.25) is 17.7 Å². The summed E-state index contributed by atoms with van der Waals surface area (Å²) in [6, 6.07) is 8.85. The minimum atomic E-state index is -0.677. The maximum atomic E-state index is 14.4. The van der Waals surface area contributed by atoms with Crippen LogP contribution in [0.1, 0.15) is 53.4 Å². The lowest BCUT2D eigenvalue weighted by Gasteiger charge is -2.42. The first kappa shape index (κ1) is 29.4. The van der Waals surface area contributed by atoms with Crippen molar-refractivity contribution in [2.24, 2.45) is 11.8 Å². The molecule has 7 nitrogen and oxygen atoms in total. The van der Waals surface area contributed by atoms with Crippen molar-refractivity contribution in [2.45, 2.75) is 74.5 Å². The number of rotatable bonds is 11. The molecule has 0 saturated carbocycles. The summed E-state index contributed by atoms with van der Waals surface area (Å²) in [5.74, 6) is -1.42. The molecule has 0 aliphatic carbocycles. The van der Waals surface area contributed by atoms with E-state index in [1.807, 2.05) is 56.0 Å². The molecule has 0 aromatic heterocycles. The summed E-state index contributed by atoms with van der Waals surface area (Å²) in [4.78, 5) is 48.5. The summed E-state index contributed by atoms with van der Waals surface area (Å²) >= 11 is 1.69. The van der Waals surface area contributed by atoms with Gasteiger partial charge in [0, 0.05) is 42.2 Å². The Bertz CT molecular complexity index is 1120. The van der Waals surface area contributed by atoms with Gasteiger partial charge < -0.3 is 19.8 Å². The first-order chi connectivity index (χ1) is 18.5. The molecule has 39 heavy (non-hydrogen) atoms. The maximum absolute atomic E-state index is 14.4. The summed E-state index contributed by atoms with van der Waals surface area (Å²) in [7, 11) is 0. The predicted molar refractivity (Wildman–Crippen MR) is 157 cm³/mol. The average molecular weight is 554 g/mol. The molecule has 3 heterocycles. The summed E-state index contributed by atoms with van der Waals surface area (Å²) < 4.78 is -1.13. The summed E-state index contributed by atoms with van der Waals surface area (Å²) in [6.45, 7) is 17.0. The number of fused-ring (bicyclic) bond motifs is 1. The zero-order chi connectivity index (χ0) is 28.6. The van der Waals surface area contributed by atoms with Gasteiger partial charge >= 0.3 is 0 Å². The molecule has 1 aromatic rings. The normalized spacial score (nSPS) is 29.3. The zero-order valence-corrected chi connectivity index (χ0v) is 24.6. The molecule has 4 rings (SSSR count). The number of carbonyl (C=O) groups excluding carboxylic acids is 3. The fraction of sp³-hybridized carbons (Fsp3) is 0.581. The van der Waals surface area contributed by atoms with Gasteiger partial charge in [-0.3, -0.25) is 14.4 Å². The maximum Gasteiger partial charge on any atom is 0.247 e. The molecule has 2 bridgehead atoms. The van der Waals surface area contributed by atoms with Crippen molar-refractivity contribution >= 4 is 35.2 Å². The summed E-state index contributed by atoms with van der Waals surface area (Å²) in [5, 5.41) is 9.43. The second kappa shape index (κ2) is 11.1. The molecule has 3 fully saturated rings. The largest absolute Gasteiger partial charge is 0.396 e. The zero-order valence-electron chi connectivity index (χ0n) is 23.8. The lowest BCUT2D eigenvalue weighted by Crippen LogP contribution is -2.59. The number of likely N-dealkylation sites (tertiary alicyclic amines) is 1. The van der Waals surface area contributed by atoms with E-state index in [1.54, 1.807) is 33.7 Å². The molecule has 2 unspecified atom stereocenters. The van der Waals surface area contributed by atoms with Gasteiger partial charge in [-0.1, -0.05) is 30.4 Å². The van der Waals surface area contributed by atoms with Crippen LogP contribution in [0.15, 0.2) is 55.6 Å². The predicted octanol–water partition coefficient (Wildman–Crippen LogP) is 4.27. The number of hydrogen-bond donors (Lipinski definition) is 1. The highest BCUT2D eigenvalue weighted by Gasteiger charge is 2.77. The lowest BCUT2D eigenvalue weighted by molar-refractivity contribution is -0.145. The number of anilines is 1. The molecule has 0 radical (unpaired) electrons. The molecule has 212 valence electrons. The molecule has 1 spiro atoms. The number of carbonyl (C=O) groups is 3. The smallest absolute Gasteiger partial charge is 0.247 e. The van der Waals surface area contributed by atoms with Crippen LogP contribution in [-0.2, 0) is 14.4 Å². The monoisotopic (exact) mass is 553 g/mol. The highest BCUT2D eigenvalue weighted by atomic mass is 32.2. The van der Waals surface area contributed by atoms with Crippen molar-refractivity contribution in [3.05, 3.63) is 55.6 Å². The fourth-order valence-electron chi connectivity index (χ4n) is 6.91. The second-order valence-electron chi connectivity index (χ2n) is 12.2. The standard InChI is InChI=1S/C31H43N3O4S/c1-7-18-32(22-14-10-9-11-15-22)26(36)23-24-27(37)33(20-12-13-21-35)25(31(24)17-16-30(23,6)39-31)28(38)34(19-8-2)29(3,4)5/h7-11,14-15,23-25,35H,1-2,12-13,16-21H2,3-6H3/t23-,24+,25?,30+,31?/m1/s1. The van der Waals surface area contributed by atoms with Gasteiger partial charge in [-0.2, -0.15) is 0 Å². The Labute approximate surface area is 237 Å². The SMILES string of the molecule is C=CCN(C(=O)[C@H]1[C@H]2C(=O)N(CCCCO)C(C(=O)N(CC=C)C(C)(C)C)C23CC[C@]1(C)S3)c1ccccc1. The Morgan fingerprint density at radius 1 is 1.10 bits per heavy atom. The van der Waals surface area contributed by atoms with Crippen LogP contribution in [0, 0.1) is 11.8 Å². The van der Waals surface area contributed by atoms with Crippen molar-refractivity contribution in [3.63, 3.8) is 0 Å². The number of aliphatic hydroxyl groups excluding tert-OH is 1. The van der Waals surface area contributed by atoms with Gasteiger partial charge in [0.15, 0.2) is 0 Å². The summed E-state index contributed by atoms with van der Waals surface area (Å²) in [6.07, 6.45) is 6.06.